The minimum atomic E-state index is -0.0654. The molecular weight excluding hydrogens is 130 g/mol. The molecule has 0 aromatic heterocycles. The van der Waals surface area contributed by atoms with Crippen molar-refractivity contribution in [3.63, 3.8) is 0 Å². The van der Waals surface area contributed by atoms with Crippen molar-refractivity contribution >= 4 is 5.97 Å². The van der Waals surface area contributed by atoms with Crippen LogP contribution >= 0.6 is 0 Å². The summed E-state index contributed by atoms with van der Waals surface area (Å²) in [6, 6.07) is 0.0616. The molecule has 0 bridgehead atoms. The van der Waals surface area contributed by atoms with Crippen molar-refractivity contribution in [2.45, 2.75) is 19.4 Å². The Labute approximate surface area is 61.0 Å². The summed E-state index contributed by atoms with van der Waals surface area (Å²) in [5.41, 5.74) is 0. The molecule has 0 aromatic rings. The van der Waals surface area contributed by atoms with Crippen molar-refractivity contribution in [1.82, 2.24) is 4.90 Å². The van der Waals surface area contributed by atoms with Gasteiger partial charge in [-0.25, -0.2) is 0 Å². The van der Waals surface area contributed by atoms with Gasteiger partial charge in [-0.2, -0.15) is 0 Å². The smallest absolute Gasteiger partial charge is 0.324 e. The zero-order valence-electron chi connectivity index (χ0n) is 6.46. The van der Waals surface area contributed by atoms with Crippen LogP contribution in [-0.4, -0.2) is 37.1 Å². The monoisotopic (exact) mass is 143 g/mol. The van der Waals surface area contributed by atoms with Crippen LogP contribution in [0.15, 0.2) is 0 Å². The van der Waals surface area contributed by atoms with E-state index >= 15 is 0 Å². The van der Waals surface area contributed by atoms with E-state index in [1.54, 1.807) is 0 Å². The third-order valence-corrected chi connectivity index (χ3v) is 1.58. The highest BCUT2D eigenvalue weighted by Gasteiger charge is 2.38. The molecule has 3 nitrogen and oxygen atoms in total. The fraction of sp³-hybridized carbons (Fsp3) is 0.857. The van der Waals surface area contributed by atoms with Gasteiger partial charge in [0.2, 0.25) is 0 Å². The molecule has 0 amide bonds. The minimum absolute atomic E-state index is 0.0616. The minimum Gasteiger partial charge on any atom is -0.464 e. The first kappa shape index (κ1) is 7.54. The Morgan fingerprint density at radius 3 is 2.80 bits per heavy atom. The molecule has 2 atom stereocenters. The maximum Gasteiger partial charge on any atom is 0.324 e. The maximum atomic E-state index is 10.9. The average molecular weight is 143 g/mol. The van der Waals surface area contributed by atoms with E-state index in [1.165, 1.54) is 0 Å². The number of ether oxygens (including phenoxy) is 1. The summed E-state index contributed by atoms with van der Waals surface area (Å²) in [6.07, 6.45) is 0.905. The van der Waals surface area contributed by atoms with Gasteiger partial charge in [0.1, 0.15) is 6.04 Å². The molecule has 58 valence electrons. The van der Waals surface area contributed by atoms with Gasteiger partial charge in [0.25, 0.3) is 0 Å². The Morgan fingerprint density at radius 2 is 2.40 bits per heavy atom. The van der Waals surface area contributed by atoms with E-state index in [9.17, 15) is 4.79 Å². The van der Waals surface area contributed by atoms with Gasteiger partial charge in [-0.1, -0.05) is 6.92 Å². The lowest BCUT2D eigenvalue weighted by Crippen LogP contribution is -2.14. The Morgan fingerprint density at radius 1 is 1.80 bits per heavy atom. The first-order valence-corrected chi connectivity index (χ1v) is 3.62. The van der Waals surface area contributed by atoms with Crippen molar-refractivity contribution in [1.29, 1.82) is 0 Å². The molecule has 3 heteroatoms. The summed E-state index contributed by atoms with van der Waals surface area (Å²) in [5.74, 6) is -0.0654. The van der Waals surface area contributed by atoms with E-state index in [0.29, 0.717) is 6.61 Å². The lowest BCUT2D eigenvalue weighted by atomic mass is 10.5. The number of likely N-dealkylation sites (N-methyl/N-ethyl adjacent to an activating group) is 1. The third kappa shape index (κ3) is 1.70. The van der Waals surface area contributed by atoms with Crippen LogP contribution < -0.4 is 0 Å². The average Bonchev–Trinajstić information content (AvgIpc) is 2.62. The predicted molar refractivity (Wildman–Crippen MR) is 37.7 cm³/mol. The number of hydrogen-bond donors (Lipinski definition) is 0. The summed E-state index contributed by atoms with van der Waals surface area (Å²) in [4.78, 5) is 12.9. The summed E-state index contributed by atoms with van der Waals surface area (Å²) >= 11 is 0. The van der Waals surface area contributed by atoms with Crippen LogP contribution in [0.5, 0.6) is 0 Å². The topological polar surface area (TPSA) is 29.3 Å². The van der Waals surface area contributed by atoms with Crippen LogP contribution in [0.1, 0.15) is 13.3 Å². The Balaban J connectivity index is 2.11. The summed E-state index contributed by atoms with van der Waals surface area (Å²) in [5, 5.41) is 0. The molecule has 10 heavy (non-hydrogen) atoms. The first-order chi connectivity index (χ1) is 4.75. The predicted octanol–water partition coefficient (Wildman–Crippen LogP) is 0.254. The van der Waals surface area contributed by atoms with Gasteiger partial charge in [-0.05, 0) is 13.5 Å². The lowest BCUT2D eigenvalue weighted by molar-refractivity contribution is -0.143. The normalized spacial score (nSPS) is 29.8. The second-order valence-electron chi connectivity index (χ2n) is 2.62. The molecular formula is C7H13NO2. The molecule has 0 aromatic carbocycles. The highest BCUT2D eigenvalue weighted by atomic mass is 16.5. The van der Waals surface area contributed by atoms with E-state index in [2.05, 4.69) is 0 Å². The number of rotatable bonds is 3. The van der Waals surface area contributed by atoms with Gasteiger partial charge in [-0.15, -0.1) is 0 Å². The van der Waals surface area contributed by atoms with Gasteiger partial charge in [0.05, 0.1) is 6.61 Å². The molecule has 0 saturated carbocycles. The second kappa shape index (κ2) is 3.01. The second-order valence-corrected chi connectivity index (χ2v) is 2.62. The van der Waals surface area contributed by atoms with Gasteiger partial charge in [0, 0.05) is 6.54 Å². The number of nitrogens with zero attached hydrogens (tertiary/aromatic N) is 1. The van der Waals surface area contributed by atoms with Gasteiger partial charge >= 0.3 is 5.97 Å². The van der Waals surface area contributed by atoms with Crippen molar-refractivity contribution in [3.8, 4) is 0 Å². The number of esters is 1. The Bertz CT molecular complexity index is 136. The number of carbonyl (C=O) groups is 1. The molecule has 2 unspecified atom stereocenters. The van der Waals surface area contributed by atoms with Crippen molar-refractivity contribution in [2.24, 2.45) is 0 Å². The van der Waals surface area contributed by atoms with Crippen molar-refractivity contribution in [2.75, 3.05) is 20.2 Å². The fourth-order valence-corrected chi connectivity index (χ4v) is 0.779. The van der Waals surface area contributed by atoms with E-state index in [-0.39, 0.29) is 12.0 Å². The lowest BCUT2D eigenvalue weighted by Gasteiger charge is -1.99. The van der Waals surface area contributed by atoms with Gasteiger partial charge in [-0.3, -0.25) is 9.69 Å². The molecule has 1 aliphatic rings. The number of carbonyl (C=O) groups excluding carboxylic acids is 1. The highest BCUT2D eigenvalue weighted by molar-refractivity contribution is 5.78. The summed E-state index contributed by atoms with van der Waals surface area (Å²) < 4.78 is 4.90. The molecule has 0 aliphatic carbocycles. The molecule has 1 fully saturated rings. The Kier molecular flexibility index (Phi) is 2.27. The van der Waals surface area contributed by atoms with Crippen molar-refractivity contribution in [3.05, 3.63) is 0 Å². The van der Waals surface area contributed by atoms with Crippen LogP contribution in [0.4, 0.5) is 0 Å². The Hall–Kier alpha value is -0.570. The van der Waals surface area contributed by atoms with Crippen LogP contribution in [-0.2, 0) is 9.53 Å². The fourth-order valence-electron chi connectivity index (χ4n) is 0.779. The quantitative estimate of drug-likeness (QED) is 0.419. The van der Waals surface area contributed by atoms with E-state index < -0.39 is 0 Å². The van der Waals surface area contributed by atoms with E-state index in [0.717, 1.165) is 13.0 Å². The molecule has 1 heterocycles. The van der Waals surface area contributed by atoms with Crippen LogP contribution in [0, 0.1) is 0 Å². The zero-order chi connectivity index (χ0) is 7.56. The summed E-state index contributed by atoms with van der Waals surface area (Å²) in [7, 11) is 1.91. The summed E-state index contributed by atoms with van der Waals surface area (Å²) in [6.45, 7) is 3.41. The molecule has 0 radical (unpaired) electrons. The standard InChI is InChI=1S/C7H13NO2/c1-3-4-10-7(9)6-5-8(6)2/h6H,3-5H2,1-2H3. The molecule has 1 saturated heterocycles. The van der Waals surface area contributed by atoms with E-state index in [4.69, 9.17) is 4.74 Å². The highest BCUT2D eigenvalue weighted by Crippen LogP contribution is 2.14. The number of hydrogen-bond acceptors (Lipinski definition) is 3. The van der Waals surface area contributed by atoms with Gasteiger partial charge < -0.3 is 4.74 Å². The largest absolute Gasteiger partial charge is 0.464 e. The molecule has 1 aliphatic heterocycles. The maximum absolute atomic E-state index is 10.9. The first-order valence-electron chi connectivity index (χ1n) is 3.62. The molecule has 1 rings (SSSR count). The van der Waals surface area contributed by atoms with Crippen LogP contribution in [0.3, 0.4) is 0 Å². The molecule has 0 N–H and O–H groups in total. The zero-order valence-corrected chi connectivity index (χ0v) is 6.46. The van der Waals surface area contributed by atoms with Gasteiger partial charge in [0.15, 0.2) is 0 Å². The molecule has 0 spiro atoms. The van der Waals surface area contributed by atoms with Crippen LogP contribution in [0.2, 0.25) is 0 Å². The SMILES string of the molecule is CCCOC(=O)C1CN1C. The third-order valence-electron chi connectivity index (χ3n) is 1.58. The van der Waals surface area contributed by atoms with Crippen molar-refractivity contribution < 1.29 is 9.53 Å². The van der Waals surface area contributed by atoms with E-state index in [1.807, 2.05) is 18.9 Å². The van der Waals surface area contributed by atoms with Crippen LogP contribution in [0.25, 0.3) is 0 Å².